The highest BCUT2D eigenvalue weighted by Crippen LogP contribution is 2.38. The Morgan fingerprint density at radius 3 is 2.89 bits per heavy atom. The van der Waals surface area contributed by atoms with Gasteiger partial charge >= 0.3 is 0 Å². The van der Waals surface area contributed by atoms with E-state index in [2.05, 4.69) is 17.2 Å². The lowest BCUT2D eigenvalue weighted by molar-refractivity contribution is 0.0958. The lowest BCUT2D eigenvalue weighted by atomic mass is 9.95. The van der Waals surface area contributed by atoms with E-state index in [1.807, 2.05) is 29.0 Å². The van der Waals surface area contributed by atoms with Crippen LogP contribution < -0.4 is 10.6 Å². The van der Waals surface area contributed by atoms with Crippen LogP contribution in [0.4, 0.5) is 5.00 Å². The Morgan fingerprint density at radius 1 is 1.29 bits per heavy atom. The Labute approximate surface area is 172 Å². The standard InChI is InChI=1S/C21H23N3O2S2/c1-3-10-22-20(26)18-13-7-5-6-8-16(13)28-21(18)23-19(25)15-12-17-14(9-11-27-17)24(15)4-2/h3,9,11-12H,1,4-8,10H2,2H3,(H,22,26)(H,23,25). The Kier molecular flexibility index (Phi) is 5.37. The molecule has 4 rings (SSSR count). The zero-order valence-corrected chi connectivity index (χ0v) is 17.5. The van der Waals surface area contributed by atoms with E-state index in [4.69, 9.17) is 0 Å². The van der Waals surface area contributed by atoms with Crippen molar-refractivity contribution < 1.29 is 9.59 Å². The number of carbonyl (C=O) groups excluding carboxylic acids is 2. The van der Waals surface area contributed by atoms with Gasteiger partial charge in [0.2, 0.25) is 0 Å². The van der Waals surface area contributed by atoms with E-state index in [-0.39, 0.29) is 11.8 Å². The quantitative estimate of drug-likeness (QED) is 0.569. The van der Waals surface area contributed by atoms with Gasteiger partial charge in [-0.2, -0.15) is 0 Å². The summed E-state index contributed by atoms with van der Waals surface area (Å²) in [6.07, 6.45) is 5.73. The highest BCUT2D eigenvalue weighted by atomic mass is 32.1. The molecule has 7 heteroatoms. The van der Waals surface area contributed by atoms with E-state index >= 15 is 0 Å². The van der Waals surface area contributed by atoms with Crippen molar-refractivity contribution in [1.29, 1.82) is 0 Å². The normalized spacial score (nSPS) is 13.3. The minimum absolute atomic E-state index is 0.138. The number of nitrogens with zero attached hydrogens (tertiary/aromatic N) is 1. The molecular formula is C21H23N3O2S2. The maximum atomic E-state index is 13.1. The number of hydrogen-bond donors (Lipinski definition) is 2. The number of rotatable bonds is 6. The van der Waals surface area contributed by atoms with Crippen molar-refractivity contribution in [3.8, 4) is 0 Å². The molecule has 0 bridgehead atoms. The van der Waals surface area contributed by atoms with Crippen LogP contribution in [0.3, 0.4) is 0 Å². The van der Waals surface area contributed by atoms with Gasteiger partial charge in [-0.25, -0.2) is 0 Å². The number of aryl methyl sites for hydroxylation is 2. The SMILES string of the molecule is C=CCNC(=O)c1c(NC(=O)c2cc3sccc3n2CC)sc2c1CCCC2. The third kappa shape index (κ3) is 3.29. The molecule has 3 heterocycles. The number of hydrogen-bond acceptors (Lipinski definition) is 4. The highest BCUT2D eigenvalue weighted by molar-refractivity contribution is 7.17. The Morgan fingerprint density at radius 2 is 2.11 bits per heavy atom. The van der Waals surface area contributed by atoms with E-state index < -0.39 is 0 Å². The van der Waals surface area contributed by atoms with Crippen LogP contribution in [0.25, 0.3) is 10.2 Å². The summed E-state index contributed by atoms with van der Waals surface area (Å²) in [6.45, 7) is 6.82. The summed E-state index contributed by atoms with van der Waals surface area (Å²) in [5.41, 5.74) is 3.44. The molecule has 3 aromatic rings. The van der Waals surface area contributed by atoms with Gasteiger partial charge in [-0.05, 0) is 55.7 Å². The van der Waals surface area contributed by atoms with Gasteiger partial charge in [-0.1, -0.05) is 6.08 Å². The average Bonchev–Trinajstić information content (AvgIpc) is 3.37. The smallest absolute Gasteiger partial charge is 0.272 e. The molecule has 0 saturated carbocycles. The van der Waals surface area contributed by atoms with Crippen molar-refractivity contribution in [2.45, 2.75) is 39.2 Å². The summed E-state index contributed by atoms with van der Waals surface area (Å²) in [5.74, 6) is -0.303. The molecule has 0 spiro atoms. The van der Waals surface area contributed by atoms with Crippen molar-refractivity contribution in [3.63, 3.8) is 0 Å². The van der Waals surface area contributed by atoms with Gasteiger partial charge in [-0.15, -0.1) is 29.3 Å². The van der Waals surface area contributed by atoms with Gasteiger partial charge in [0, 0.05) is 18.0 Å². The molecule has 0 radical (unpaired) electrons. The van der Waals surface area contributed by atoms with E-state index in [0.717, 1.165) is 48.0 Å². The number of thiophene rings is 2. The maximum absolute atomic E-state index is 13.1. The van der Waals surface area contributed by atoms with Crippen LogP contribution in [0.5, 0.6) is 0 Å². The lowest BCUT2D eigenvalue weighted by Crippen LogP contribution is -2.26. The fourth-order valence-corrected chi connectivity index (χ4v) is 5.92. The zero-order chi connectivity index (χ0) is 19.7. The summed E-state index contributed by atoms with van der Waals surface area (Å²) in [4.78, 5) is 27.1. The van der Waals surface area contributed by atoms with Crippen molar-refractivity contribution in [1.82, 2.24) is 9.88 Å². The fourth-order valence-electron chi connectivity index (χ4n) is 3.82. The predicted octanol–water partition coefficient (Wildman–Crippen LogP) is 4.83. The van der Waals surface area contributed by atoms with Crippen LogP contribution >= 0.6 is 22.7 Å². The molecule has 1 aliphatic rings. The first-order chi connectivity index (χ1) is 13.6. The minimum atomic E-state index is -0.165. The molecule has 0 aliphatic heterocycles. The van der Waals surface area contributed by atoms with Crippen molar-refractivity contribution in [3.05, 3.63) is 51.9 Å². The number of amides is 2. The molecule has 28 heavy (non-hydrogen) atoms. The Bertz CT molecular complexity index is 1060. The Balaban J connectivity index is 1.69. The molecule has 5 nitrogen and oxygen atoms in total. The average molecular weight is 414 g/mol. The molecule has 0 saturated heterocycles. The second-order valence-corrected chi connectivity index (χ2v) is 8.86. The van der Waals surface area contributed by atoms with Crippen LogP contribution in [0.1, 0.15) is 51.1 Å². The van der Waals surface area contributed by atoms with Crippen LogP contribution in [-0.4, -0.2) is 22.9 Å². The summed E-state index contributed by atoms with van der Waals surface area (Å²) < 4.78 is 3.12. The molecule has 0 fully saturated rings. The van der Waals surface area contributed by atoms with E-state index in [9.17, 15) is 9.59 Å². The third-order valence-electron chi connectivity index (χ3n) is 5.10. The second-order valence-electron chi connectivity index (χ2n) is 6.81. The molecule has 1 aliphatic carbocycles. The summed E-state index contributed by atoms with van der Waals surface area (Å²) >= 11 is 3.17. The number of carbonyl (C=O) groups is 2. The van der Waals surface area contributed by atoms with Gasteiger partial charge in [0.15, 0.2) is 0 Å². The van der Waals surface area contributed by atoms with Crippen LogP contribution in [0.15, 0.2) is 30.2 Å². The predicted molar refractivity (Wildman–Crippen MR) is 117 cm³/mol. The Hall–Kier alpha value is -2.38. The van der Waals surface area contributed by atoms with Crippen molar-refractivity contribution in [2.24, 2.45) is 0 Å². The topological polar surface area (TPSA) is 63.1 Å². The van der Waals surface area contributed by atoms with Crippen LogP contribution in [-0.2, 0) is 19.4 Å². The van der Waals surface area contributed by atoms with Crippen molar-refractivity contribution in [2.75, 3.05) is 11.9 Å². The van der Waals surface area contributed by atoms with Crippen LogP contribution in [0.2, 0.25) is 0 Å². The molecule has 0 unspecified atom stereocenters. The maximum Gasteiger partial charge on any atom is 0.272 e. The van der Waals surface area contributed by atoms with Gasteiger partial charge in [-0.3, -0.25) is 9.59 Å². The molecule has 2 amide bonds. The largest absolute Gasteiger partial charge is 0.348 e. The first-order valence-electron chi connectivity index (χ1n) is 9.55. The van der Waals surface area contributed by atoms with Gasteiger partial charge < -0.3 is 15.2 Å². The van der Waals surface area contributed by atoms with E-state index in [0.29, 0.717) is 22.8 Å². The summed E-state index contributed by atoms with van der Waals surface area (Å²) in [6, 6.07) is 3.97. The molecule has 0 atom stereocenters. The van der Waals surface area contributed by atoms with Crippen molar-refractivity contribution >= 4 is 49.7 Å². The van der Waals surface area contributed by atoms with Gasteiger partial charge in [0.05, 0.1) is 15.8 Å². The molecule has 3 aromatic heterocycles. The minimum Gasteiger partial charge on any atom is -0.348 e. The first kappa shape index (κ1) is 19.0. The first-order valence-corrected chi connectivity index (χ1v) is 11.2. The molecule has 146 valence electrons. The number of aromatic nitrogens is 1. The second kappa shape index (κ2) is 7.93. The molecule has 0 aromatic carbocycles. The third-order valence-corrected chi connectivity index (χ3v) is 7.16. The summed E-state index contributed by atoms with van der Waals surface area (Å²) in [5, 5.41) is 8.61. The van der Waals surface area contributed by atoms with Gasteiger partial charge in [0.25, 0.3) is 11.8 Å². The van der Waals surface area contributed by atoms with E-state index in [1.54, 1.807) is 28.7 Å². The zero-order valence-electron chi connectivity index (χ0n) is 15.8. The molecular weight excluding hydrogens is 390 g/mol. The summed E-state index contributed by atoms with van der Waals surface area (Å²) in [7, 11) is 0. The monoisotopic (exact) mass is 413 g/mol. The number of anilines is 1. The number of fused-ring (bicyclic) bond motifs is 2. The van der Waals surface area contributed by atoms with Crippen LogP contribution in [0, 0.1) is 0 Å². The molecule has 2 N–H and O–H groups in total. The fraction of sp³-hybridized carbons (Fsp3) is 0.333. The lowest BCUT2D eigenvalue weighted by Gasteiger charge is -2.13. The van der Waals surface area contributed by atoms with E-state index in [1.165, 1.54) is 4.88 Å². The number of nitrogens with one attached hydrogen (secondary N) is 2. The van der Waals surface area contributed by atoms with Gasteiger partial charge in [0.1, 0.15) is 10.7 Å². The highest BCUT2D eigenvalue weighted by Gasteiger charge is 2.27.